The molecule has 2 atom stereocenters. The molecule has 126 valence electrons. The number of rotatable bonds is 6. The zero-order valence-corrected chi connectivity index (χ0v) is 13.8. The van der Waals surface area contributed by atoms with Gasteiger partial charge in [0.15, 0.2) is 0 Å². The summed E-state index contributed by atoms with van der Waals surface area (Å²) in [5.41, 5.74) is 0.753. The molecule has 0 radical (unpaired) electrons. The first-order valence-corrected chi connectivity index (χ1v) is 7.38. The van der Waals surface area contributed by atoms with Crippen LogP contribution >= 0.6 is 0 Å². The average Bonchev–Trinajstić information content (AvgIpc) is 2.51. The van der Waals surface area contributed by atoms with Crippen molar-refractivity contribution < 1.29 is 19.5 Å². The number of anilines is 1. The van der Waals surface area contributed by atoms with E-state index in [-0.39, 0.29) is 17.5 Å². The van der Waals surface area contributed by atoms with Crippen LogP contribution < -0.4 is 10.6 Å². The Hall–Kier alpha value is -2.57. The van der Waals surface area contributed by atoms with Crippen LogP contribution in [0.4, 0.5) is 10.5 Å². The second-order valence-electron chi connectivity index (χ2n) is 5.58. The fraction of sp³-hybridized carbons (Fsp3) is 0.438. The number of benzene rings is 1. The van der Waals surface area contributed by atoms with Crippen LogP contribution in [0.5, 0.6) is 0 Å². The molecule has 1 rings (SSSR count). The molecule has 7 nitrogen and oxygen atoms in total. The molecule has 0 bridgehead atoms. The molecule has 0 unspecified atom stereocenters. The maximum Gasteiger partial charge on any atom is 0.326 e. The number of urea groups is 1. The normalized spacial score (nSPS) is 12.9. The minimum atomic E-state index is -1.07. The number of nitrogens with zero attached hydrogens (tertiary/aromatic N) is 1. The summed E-state index contributed by atoms with van der Waals surface area (Å²) in [5, 5.41) is 14.4. The number of nitrogens with one attached hydrogen (secondary N) is 2. The highest BCUT2D eigenvalue weighted by atomic mass is 16.4. The maximum absolute atomic E-state index is 12.3. The topological polar surface area (TPSA) is 98.7 Å². The lowest BCUT2D eigenvalue weighted by Gasteiger charge is -2.20. The van der Waals surface area contributed by atoms with Crippen molar-refractivity contribution in [1.29, 1.82) is 0 Å². The van der Waals surface area contributed by atoms with E-state index in [2.05, 4.69) is 10.6 Å². The Kier molecular flexibility index (Phi) is 6.56. The molecule has 0 saturated heterocycles. The standard InChI is InChI=1S/C16H23N3O4/c1-5-10(2)13(15(21)22)18-14(20)11-7-6-8-12(9-11)17-16(23)19(3)4/h6-10,13H,5H2,1-4H3,(H,17,23)(H,18,20)(H,21,22)/t10-,13-/m0/s1. The predicted octanol–water partition coefficient (Wildman–Crippen LogP) is 2.01. The SMILES string of the molecule is CC[C@H](C)[C@H](NC(=O)c1cccc(NC(=O)N(C)C)c1)C(=O)O. The maximum atomic E-state index is 12.3. The fourth-order valence-electron chi connectivity index (χ4n) is 1.88. The molecule has 3 N–H and O–H groups in total. The number of hydrogen-bond acceptors (Lipinski definition) is 3. The Morgan fingerprint density at radius 1 is 1.26 bits per heavy atom. The minimum absolute atomic E-state index is 0.187. The second-order valence-corrected chi connectivity index (χ2v) is 5.58. The summed E-state index contributed by atoms with van der Waals surface area (Å²) in [7, 11) is 3.21. The lowest BCUT2D eigenvalue weighted by atomic mass is 9.99. The summed E-state index contributed by atoms with van der Waals surface area (Å²) < 4.78 is 0. The molecule has 0 aromatic heterocycles. The molecule has 0 fully saturated rings. The number of amides is 3. The number of carbonyl (C=O) groups excluding carboxylic acids is 2. The number of hydrogen-bond donors (Lipinski definition) is 3. The summed E-state index contributed by atoms with van der Waals surface area (Å²) in [6.45, 7) is 3.64. The average molecular weight is 321 g/mol. The third kappa shape index (κ3) is 5.28. The second kappa shape index (κ2) is 8.17. The van der Waals surface area contributed by atoms with Crippen LogP contribution in [0, 0.1) is 5.92 Å². The van der Waals surface area contributed by atoms with E-state index in [4.69, 9.17) is 0 Å². The van der Waals surface area contributed by atoms with Gasteiger partial charge in [-0.2, -0.15) is 0 Å². The first kappa shape index (κ1) is 18.5. The molecule has 1 aromatic carbocycles. The third-order valence-electron chi connectivity index (χ3n) is 3.55. The highest BCUT2D eigenvalue weighted by Gasteiger charge is 2.25. The minimum Gasteiger partial charge on any atom is -0.480 e. The molecule has 3 amide bonds. The molecule has 0 heterocycles. The van der Waals surface area contributed by atoms with E-state index in [0.717, 1.165) is 0 Å². The Morgan fingerprint density at radius 2 is 1.91 bits per heavy atom. The van der Waals surface area contributed by atoms with Crippen molar-refractivity contribution in [2.75, 3.05) is 19.4 Å². The van der Waals surface area contributed by atoms with Crippen LogP contribution in [0.15, 0.2) is 24.3 Å². The summed E-state index contributed by atoms with van der Waals surface area (Å²) in [5.74, 6) is -1.74. The summed E-state index contributed by atoms with van der Waals surface area (Å²) in [6, 6.07) is 5.08. The van der Waals surface area contributed by atoms with Gasteiger partial charge in [-0.3, -0.25) is 4.79 Å². The van der Waals surface area contributed by atoms with Crippen LogP contribution in [0.25, 0.3) is 0 Å². The van der Waals surface area contributed by atoms with E-state index in [1.54, 1.807) is 39.2 Å². The lowest BCUT2D eigenvalue weighted by Crippen LogP contribution is -2.45. The fourth-order valence-corrected chi connectivity index (χ4v) is 1.88. The smallest absolute Gasteiger partial charge is 0.326 e. The van der Waals surface area contributed by atoms with Crippen LogP contribution in [-0.2, 0) is 4.79 Å². The van der Waals surface area contributed by atoms with Gasteiger partial charge in [-0.05, 0) is 24.1 Å². The molecule has 0 aliphatic carbocycles. The molecule has 1 aromatic rings. The molecule has 0 aliphatic heterocycles. The Bertz CT molecular complexity index is 586. The zero-order chi connectivity index (χ0) is 17.6. The van der Waals surface area contributed by atoms with Gasteiger partial charge in [0, 0.05) is 25.3 Å². The number of carboxylic acid groups (broad SMARTS) is 1. The molecule has 23 heavy (non-hydrogen) atoms. The van der Waals surface area contributed by atoms with Gasteiger partial charge in [0.05, 0.1) is 0 Å². The van der Waals surface area contributed by atoms with Crippen molar-refractivity contribution in [1.82, 2.24) is 10.2 Å². The summed E-state index contributed by atoms with van der Waals surface area (Å²) >= 11 is 0. The van der Waals surface area contributed by atoms with E-state index < -0.39 is 17.9 Å². The van der Waals surface area contributed by atoms with E-state index in [1.807, 2.05) is 6.92 Å². The van der Waals surface area contributed by atoms with Gasteiger partial charge in [0.1, 0.15) is 6.04 Å². The van der Waals surface area contributed by atoms with Gasteiger partial charge in [0.25, 0.3) is 5.91 Å². The Balaban J connectivity index is 2.87. The van der Waals surface area contributed by atoms with Crippen LogP contribution in [0.1, 0.15) is 30.6 Å². The third-order valence-corrected chi connectivity index (χ3v) is 3.55. The first-order chi connectivity index (χ1) is 10.8. The highest BCUT2D eigenvalue weighted by Crippen LogP contribution is 2.13. The van der Waals surface area contributed by atoms with Gasteiger partial charge in [-0.25, -0.2) is 9.59 Å². The van der Waals surface area contributed by atoms with Crippen molar-refractivity contribution in [2.45, 2.75) is 26.3 Å². The molecule has 7 heteroatoms. The van der Waals surface area contributed by atoms with Crippen LogP contribution in [-0.4, -0.2) is 48.1 Å². The molecular weight excluding hydrogens is 298 g/mol. The summed E-state index contributed by atoms with van der Waals surface area (Å²) in [6.07, 6.45) is 0.635. The number of carbonyl (C=O) groups is 3. The van der Waals surface area contributed by atoms with Gasteiger partial charge in [-0.1, -0.05) is 26.3 Å². The van der Waals surface area contributed by atoms with Crippen LogP contribution in [0.3, 0.4) is 0 Å². The number of aliphatic carboxylic acids is 1. The lowest BCUT2D eigenvalue weighted by molar-refractivity contribution is -0.140. The van der Waals surface area contributed by atoms with Gasteiger partial charge >= 0.3 is 12.0 Å². The molecule has 0 saturated carbocycles. The highest BCUT2D eigenvalue weighted by molar-refractivity contribution is 5.98. The first-order valence-electron chi connectivity index (χ1n) is 7.38. The van der Waals surface area contributed by atoms with Crippen molar-refractivity contribution in [3.63, 3.8) is 0 Å². The molecule has 0 aliphatic rings. The quantitative estimate of drug-likeness (QED) is 0.746. The largest absolute Gasteiger partial charge is 0.480 e. The predicted molar refractivity (Wildman–Crippen MR) is 87.5 cm³/mol. The molecule has 0 spiro atoms. The van der Waals surface area contributed by atoms with Crippen molar-refractivity contribution in [2.24, 2.45) is 5.92 Å². The van der Waals surface area contributed by atoms with E-state index in [0.29, 0.717) is 12.1 Å². The van der Waals surface area contributed by atoms with E-state index in [9.17, 15) is 19.5 Å². The monoisotopic (exact) mass is 321 g/mol. The van der Waals surface area contributed by atoms with Crippen LogP contribution in [0.2, 0.25) is 0 Å². The van der Waals surface area contributed by atoms with Crippen molar-refractivity contribution in [3.8, 4) is 0 Å². The summed E-state index contributed by atoms with van der Waals surface area (Å²) in [4.78, 5) is 36.5. The van der Waals surface area contributed by atoms with Gasteiger partial charge in [-0.15, -0.1) is 0 Å². The van der Waals surface area contributed by atoms with Gasteiger partial charge in [0.2, 0.25) is 0 Å². The van der Waals surface area contributed by atoms with Crippen molar-refractivity contribution in [3.05, 3.63) is 29.8 Å². The van der Waals surface area contributed by atoms with E-state index >= 15 is 0 Å². The van der Waals surface area contributed by atoms with E-state index in [1.165, 1.54) is 11.0 Å². The Labute approximate surface area is 135 Å². The Morgan fingerprint density at radius 3 is 2.43 bits per heavy atom. The van der Waals surface area contributed by atoms with Gasteiger partial charge < -0.3 is 20.6 Å². The van der Waals surface area contributed by atoms with Crippen molar-refractivity contribution >= 4 is 23.6 Å². The number of carboxylic acids is 1. The zero-order valence-electron chi connectivity index (χ0n) is 13.8. The molecular formula is C16H23N3O4.